The zero-order chi connectivity index (χ0) is 13.3. The molecule has 2 fully saturated rings. The first-order valence-corrected chi connectivity index (χ1v) is 6.77. The Morgan fingerprint density at radius 1 is 1.39 bits per heavy atom. The second kappa shape index (κ2) is 5.26. The zero-order valence-corrected chi connectivity index (χ0v) is 11.0. The van der Waals surface area contributed by atoms with E-state index >= 15 is 0 Å². The molecule has 5 unspecified atom stereocenters. The van der Waals surface area contributed by atoms with Gasteiger partial charge in [0.15, 0.2) is 0 Å². The van der Waals surface area contributed by atoms with E-state index in [0.717, 1.165) is 19.3 Å². The van der Waals surface area contributed by atoms with Crippen LogP contribution in [-0.4, -0.2) is 30.6 Å². The maximum absolute atomic E-state index is 12.2. The fourth-order valence-corrected chi connectivity index (χ4v) is 3.36. The molecule has 5 heteroatoms. The zero-order valence-electron chi connectivity index (χ0n) is 11.0. The Morgan fingerprint density at radius 2 is 2.06 bits per heavy atom. The maximum Gasteiger partial charge on any atom is 0.328 e. The van der Waals surface area contributed by atoms with Crippen LogP contribution in [0.3, 0.4) is 0 Å². The van der Waals surface area contributed by atoms with Crippen molar-refractivity contribution < 1.29 is 14.3 Å². The minimum Gasteiger partial charge on any atom is -0.464 e. The van der Waals surface area contributed by atoms with E-state index in [1.54, 1.807) is 13.8 Å². The van der Waals surface area contributed by atoms with Gasteiger partial charge < -0.3 is 15.8 Å². The number of hydrogen-bond acceptors (Lipinski definition) is 4. The van der Waals surface area contributed by atoms with Gasteiger partial charge in [-0.05, 0) is 44.9 Å². The van der Waals surface area contributed by atoms with Crippen molar-refractivity contribution in [3.05, 3.63) is 0 Å². The van der Waals surface area contributed by atoms with Crippen LogP contribution in [0.25, 0.3) is 0 Å². The van der Waals surface area contributed by atoms with Crippen molar-refractivity contribution >= 4 is 11.9 Å². The summed E-state index contributed by atoms with van der Waals surface area (Å²) in [6.07, 6.45) is 3.29. The predicted molar refractivity (Wildman–Crippen MR) is 66.5 cm³/mol. The lowest BCUT2D eigenvalue weighted by molar-refractivity contribution is -0.147. The number of ether oxygens (including phenoxy) is 1. The summed E-state index contributed by atoms with van der Waals surface area (Å²) in [5.74, 6) is 0.293. The molecule has 0 aliphatic heterocycles. The molecule has 1 amide bonds. The molecule has 0 aromatic rings. The van der Waals surface area contributed by atoms with E-state index in [2.05, 4.69) is 5.32 Å². The summed E-state index contributed by atoms with van der Waals surface area (Å²) in [4.78, 5) is 23.6. The molecule has 2 saturated carbocycles. The number of esters is 1. The Bertz CT molecular complexity index is 343. The molecule has 0 radical (unpaired) electrons. The highest BCUT2D eigenvalue weighted by Gasteiger charge is 2.49. The van der Waals surface area contributed by atoms with Crippen molar-refractivity contribution in [2.75, 3.05) is 6.61 Å². The number of nitrogens with one attached hydrogen (secondary N) is 1. The first-order chi connectivity index (χ1) is 8.54. The number of carbonyl (C=O) groups excluding carboxylic acids is 2. The van der Waals surface area contributed by atoms with Gasteiger partial charge in [-0.1, -0.05) is 0 Å². The third kappa shape index (κ3) is 2.36. The van der Waals surface area contributed by atoms with Gasteiger partial charge in [0, 0.05) is 6.04 Å². The smallest absolute Gasteiger partial charge is 0.328 e. The molecule has 2 aliphatic rings. The first-order valence-electron chi connectivity index (χ1n) is 6.77. The van der Waals surface area contributed by atoms with Gasteiger partial charge in [-0.15, -0.1) is 0 Å². The standard InChI is InChI=1S/C13H22N2O3/c1-3-18-13(17)7(2)15-12(16)10-8-4-5-9(6-8)11(10)14/h7-11H,3-6,14H2,1-2H3,(H,15,16). The average molecular weight is 254 g/mol. The molecule has 0 spiro atoms. The highest BCUT2D eigenvalue weighted by molar-refractivity contribution is 5.86. The molecular formula is C13H22N2O3. The molecule has 0 saturated heterocycles. The van der Waals surface area contributed by atoms with E-state index in [4.69, 9.17) is 10.5 Å². The van der Waals surface area contributed by atoms with E-state index in [9.17, 15) is 9.59 Å². The van der Waals surface area contributed by atoms with Gasteiger partial charge in [0.05, 0.1) is 12.5 Å². The SMILES string of the molecule is CCOC(=O)C(C)NC(=O)C1C2CCC(C2)C1N. The number of amides is 1. The van der Waals surface area contributed by atoms with Crippen molar-refractivity contribution in [3.8, 4) is 0 Å². The molecule has 18 heavy (non-hydrogen) atoms. The minimum atomic E-state index is -0.594. The number of rotatable bonds is 4. The van der Waals surface area contributed by atoms with Crippen LogP contribution in [0.5, 0.6) is 0 Å². The van der Waals surface area contributed by atoms with E-state index in [1.807, 2.05) is 0 Å². The number of fused-ring (bicyclic) bond motifs is 2. The summed E-state index contributed by atoms with van der Waals surface area (Å²) in [5, 5.41) is 2.73. The van der Waals surface area contributed by atoms with Crippen LogP contribution in [0, 0.1) is 17.8 Å². The molecule has 0 aromatic carbocycles. The van der Waals surface area contributed by atoms with E-state index in [1.165, 1.54) is 0 Å². The van der Waals surface area contributed by atoms with E-state index < -0.39 is 6.04 Å². The minimum absolute atomic E-state index is 0.0434. The van der Waals surface area contributed by atoms with Gasteiger partial charge in [0.1, 0.15) is 6.04 Å². The topological polar surface area (TPSA) is 81.4 Å². The molecule has 5 atom stereocenters. The lowest BCUT2D eigenvalue weighted by Crippen LogP contribution is -2.49. The predicted octanol–water partition coefficient (Wildman–Crippen LogP) is 0.428. The fourth-order valence-electron chi connectivity index (χ4n) is 3.36. The van der Waals surface area contributed by atoms with Crippen LogP contribution in [0.4, 0.5) is 0 Å². The first kappa shape index (κ1) is 13.3. The van der Waals surface area contributed by atoms with Crippen LogP contribution in [0.15, 0.2) is 0 Å². The van der Waals surface area contributed by atoms with Crippen molar-refractivity contribution in [2.24, 2.45) is 23.5 Å². The third-order valence-electron chi connectivity index (χ3n) is 4.28. The summed E-state index contributed by atoms with van der Waals surface area (Å²) < 4.78 is 4.87. The van der Waals surface area contributed by atoms with E-state index in [0.29, 0.717) is 18.4 Å². The summed E-state index contributed by atoms with van der Waals surface area (Å²) in [6.45, 7) is 3.72. The van der Waals surface area contributed by atoms with Crippen molar-refractivity contribution in [1.82, 2.24) is 5.32 Å². The van der Waals surface area contributed by atoms with Gasteiger partial charge in [-0.2, -0.15) is 0 Å². The van der Waals surface area contributed by atoms with Gasteiger partial charge in [-0.25, -0.2) is 4.79 Å². The molecule has 5 nitrogen and oxygen atoms in total. The molecule has 2 aliphatic carbocycles. The van der Waals surface area contributed by atoms with Gasteiger partial charge >= 0.3 is 5.97 Å². The third-order valence-corrected chi connectivity index (χ3v) is 4.28. The summed E-state index contributed by atoms with van der Waals surface area (Å²) >= 11 is 0. The lowest BCUT2D eigenvalue weighted by atomic mass is 9.84. The Kier molecular flexibility index (Phi) is 3.90. The van der Waals surface area contributed by atoms with Crippen molar-refractivity contribution in [1.29, 1.82) is 0 Å². The van der Waals surface area contributed by atoms with Crippen LogP contribution < -0.4 is 11.1 Å². The van der Waals surface area contributed by atoms with Crippen molar-refractivity contribution in [3.63, 3.8) is 0 Å². The maximum atomic E-state index is 12.2. The van der Waals surface area contributed by atoms with Gasteiger partial charge in [0.25, 0.3) is 0 Å². The quantitative estimate of drug-likeness (QED) is 0.713. The summed E-state index contributed by atoms with van der Waals surface area (Å²) in [6, 6.07) is -0.637. The normalized spacial score (nSPS) is 35.3. The molecule has 3 N–H and O–H groups in total. The molecular weight excluding hydrogens is 232 g/mol. The Morgan fingerprint density at radius 3 is 2.61 bits per heavy atom. The van der Waals surface area contributed by atoms with Crippen LogP contribution in [0.2, 0.25) is 0 Å². The van der Waals surface area contributed by atoms with E-state index in [-0.39, 0.29) is 23.8 Å². The van der Waals surface area contributed by atoms with Crippen LogP contribution in [-0.2, 0) is 14.3 Å². The monoisotopic (exact) mass is 254 g/mol. The van der Waals surface area contributed by atoms with Crippen LogP contribution in [0.1, 0.15) is 33.1 Å². The van der Waals surface area contributed by atoms with Gasteiger partial charge in [-0.3, -0.25) is 4.79 Å². The number of hydrogen-bond donors (Lipinski definition) is 2. The second-order valence-electron chi connectivity index (χ2n) is 5.42. The summed E-state index contributed by atoms with van der Waals surface area (Å²) in [5.41, 5.74) is 6.10. The Hall–Kier alpha value is -1.10. The van der Waals surface area contributed by atoms with Crippen molar-refractivity contribution in [2.45, 2.75) is 45.2 Å². The highest BCUT2D eigenvalue weighted by atomic mass is 16.5. The lowest BCUT2D eigenvalue weighted by Gasteiger charge is -2.27. The summed E-state index contributed by atoms with van der Waals surface area (Å²) in [7, 11) is 0. The number of nitrogens with two attached hydrogens (primary N) is 1. The molecule has 0 heterocycles. The molecule has 0 aromatic heterocycles. The van der Waals surface area contributed by atoms with Gasteiger partial charge in [0.2, 0.25) is 5.91 Å². The second-order valence-corrected chi connectivity index (χ2v) is 5.42. The number of carbonyl (C=O) groups is 2. The largest absolute Gasteiger partial charge is 0.464 e. The Labute approximate surface area is 107 Å². The average Bonchev–Trinajstić information content (AvgIpc) is 2.89. The van der Waals surface area contributed by atoms with Crippen LogP contribution >= 0.6 is 0 Å². The fraction of sp³-hybridized carbons (Fsp3) is 0.846. The molecule has 2 rings (SSSR count). The highest BCUT2D eigenvalue weighted by Crippen LogP contribution is 2.47. The molecule has 2 bridgehead atoms. The molecule has 102 valence electrons. The Balaban J connectivity index is 1.90.